The van der Waals surface area contributed by atoms with Crippen molar-refractivity contribution in [3.8, 4) is 0 Å². The summed E-state index contributed by atoms with van der Waals surface area (Å²) in [5.74, 6) is -1.07. The Morgan fingerprint density at radius 3 is 2.95 bits per heavy atom. The van der Waals surface area contributed by atoms with Gasteiger partial charge in [0.05, 0.1) is 6.04 Å². The van der Waals surface area contributed by atoms with Crippen molar-refractivity contribution in [3.63, 3.8) is 0 Å². The minimum atomic E-state index is -0.804. The molecule has 1 saturated heterocycles. The van der Waals surface area contributed by atoms with E-state index in [0.717, 1.165) is 0 Å². The van der Waals surface area contributed by atoms with Gasteiger partial charge in [0.1, 0.15) is 18.3 Å². The third kappa shape index (κ3) is 3.79. The van der Waals surface area contributed by atoms with Gasteiger partial charge in [-0.15, -0.1) is 0 Å². The van der Waals surface area contributed by atoms with E-state index in [1.807, 2.05) is 6.26 Å². The van der Waals surface area contributed by atoms with Crippen molar-refractivity contribution in [3.05, 3.63) is 47.9 Å². The van der Waals surface area contributed by atoms with Crippen molar-refractivity contribution in [2.45, 2.75) is 6.04 Å². The highest BCUT2D eigenvalue weighted by Crippen LogP contribution is 2.30. The molecule has 1 aromatic rings. The molecule has 2 atom stereocenters. The fourth-order valence-electron chi connectivity index (χ4n) is 2.25. The fourth-order valence-corrected chi connectivity index (χ4v) is 2.50. The molecule has 0 spiro atoms. The second-order valence-corrected chi connectivity index (χ2v) is 5.78. The number of amides is 2. The minimum Gasteiger partial charge on any atom is -0.464 e. The summed E-state index contributed by atoms with van der Waals surface area (Å²) in [6.07, 6.45) is 1.91. The van der Waals surface area contributed by atoms with E-state index in [9.17, 15) is 14.0 Å². The number of ether oxygens (including phenoxy) is 1. The predicted molar refractivity (Wildman–Crippen MR) is 82.8 cm³/mol. The Bertz CT molecular complexity index is 594. The summed E-state index contributed by atoms with van der Waals surface area (Å²) in [7, 11) is 0. The average molecular weight is 324 g/mol. The number of urea groups is 1. The summed E-state index contributed by atoms with van der Waals surface area (Å²) in [5.41, 5.74) is 0.731. The lowest BCUT2D eigenvalue weighted by Gasteiger charge is -2.33. The molecule has 1 aliphatic rings. The lowest BCUT2D eigenvalue weighted by atomic mass is 9.89. The molecule has 1 aromatic carbocycles. The van der Waals surface area contributed by atoms with Crippen molar-refractivity contribution in [2.24, 2.45) is 5.92 Å². The lowest BCUT2D eigenvalue weighted by molar-refractivity contribution is -0.147. The van der Waals surface area contributed by atoms with Gasteiger partial charge in [-0.25, -0.2) is 9.18 Å². The van der Waals surface area contributed by atoms with Gasteiger partial charge in [0, 0.05) is 11.4 Å². The first-order valence-electron chi connectivity index (χ1n) is 6.70. The molecule has 118 valence electrons. The Kier molecular flexibility index (Phi) is 5.43. The Balaban J connectivity index is 2.24. The van der Waals surface area contributed by atoms with Crippen LogP contribution in [0.5, 0.6) is 0 Å². The zero-order chi connectivity index (χ0) is 16.1. The molecule has 1 fully saturated rings. The topological polar surface area (TPSA) is 67.4 Å². The zero-order valence-corrected chi connectivity index (χ0v) is 12.9. The molecular formula is C15H17FN2O3S. The van der Waals surface area contributed by atoms with E-state index in [1.165, 1.54) is 18.2 Å². The first kappa shape index (κ1) is 16.4. The van der Waals surface area contributed by atoms with Crippen LogP contribution in [-0.2, 0) is 9.53 Å². The van der Waals surface area contributed by atoms with Crippen LogP contribution in [0.4, 0.5) is 9.18 Å². The molecular weight excluding hydrogens is 307 g/mol. The number of carbonyl (C=O) groups is 2. The first-order valence-corrected chi connectivity index (χ1v) is 8.09. The number of nitrogens with one attached hydrogen (secondary N) is 2. The van der Waals surface area contributed by atoms with Crippen molar-refractivity contribution in [1.29, 1.82) is 0 Å². The van der Waals surface area contributed by atoms with Crippen LogP contribution in [-0.4, -0.2) is 30.6 Å². The predicted octanol–water partition coefficient (Wildman–Crippen LogP) is 2.22. The maximum atomic E-state index is 13.4. The van der Waals surface area contributed by atoms with E-state index in [0.29, 0.717) is 11.3 Å². The largest absolute Gasteiger partial charge is 0.464 e. The van der Waals surface area contributed by atoms with Crippen molar-refractivity contribution in [2.75, 3.05) is 18.6 Å². The van der Waals surface area contributed by atoms with E-state index in [4.69, 9.17) is 4.74 Å². The number of hydrogen-bond acceptors (Lipinski definition) is 4. The van der Waals surface area contributed by atoms with Crippen LogP contribution in [0.25, 0.3) is 0 Å². The second kappa shape index (κ2) is 7.31. The molecule has 7 heteroatoms. The van der Waals surface area contributed by atoms with E-state index < -0.39 is 29.8 Å². The van der Waals surface area contributed by atoms with E-state index in [2.05, 4.69) is 17.2 Å². The number of esters is 1. The van der Waals surface area contributed by atoms with Crippen molar-refractivity contribution >= 4 is 23.8 Å². The van der Waals surface area contributed by atoms with Gasteiger partial charge >= 0.3 is 12.0 Å². The molecule has 0 aliphatic carbocycles. The van der Waals surface area contributed by atoms with Crippen LogP contribution in [0.2, 0.25) is 0 Å². The normalized spacial score (nSPS) is 21.0. The zero-order valence-electron chi connectivity index (χ0n) is 12.1. The third-order valence-electron chi connectivity index (χ3n) is 3.26. The average Bonchev–Trinajstić information content (AvgIpc) is 2.46. The van der Waals surface area contributed by atoms with Gasteiger partial charge in [0.15, 0.2) is 0 Å². The van der Waals surface area contributed by atoms with Gasteiger partial charge in [-0.2, -0.15) is 11.8 Å². The standard InChI is InChI=1S/C15H17FN2O3S/c1-9-12(14(19)21-6-7-22-2)13(18-15(20)17-9)10-4-3-5-11(16)8-10/h3-5,8,12-13H,1,6-7H2,2H3,(H2,17,18,20)/t12-,13+/m0/s1. The summed E-state index contributed by atoms with van der Waals surface area (Å²) in [6, 6.07) is 4.57. The van der Waals surface area contributed by atoms with Gasteiger partial charge in [-0.05, 0) is 24.0 Å². The van der Waals surface area contributed by atoms with Gasteiger partial charge in [-0.3, -0.25) is 4.79 Å². The number of benzene rings is 1. The highest BCUT2D eigenvalue weighted by atomic mass is 32.2. The van der Waals surface area contributed by atoms with Gasteiger partial charge in [-0.1, -0.05) is 18.7 Å². The monoisotopic (exact) mass is 324 g/mol. The third-order valence-corrected chi connectivity index (χ3v) is 3.84. The van der Waals surface area contributed by atoms with Gasteiger partial charge in [0.2, 0.25) is 0 Å². The van der Waals surface area contributed by atoms with E-state index in [-0.39, 0.29) is 12.3 Å². The summed E-state index contributed by atoms with van der Waals surface area (Å²) in [5, 5.41) is 5.10. The number of carbonyl (C=O) groups excluding carboxylic acids is 2. The van der Waals surface area contributed by atoms with Crippen molar-refractivity contribution in [1.82, 2.24) is 10.6 Å². The lowest BCUT2D eigenvalue weighted by Crippen LogP contribution is -2.51. The summed E-state index contributed by atoms with van der Waals surface area (Å²) < 4.78 is 18.6. The molecule has 22 heavy (non-hydrogen) atoms. The number of rotatable bonds is 5. The van der Waals surface area contributed by atoms with Crippen LogP contribution in [0, 0.1) is 11.7 Å². The molecule has 2 amide bonds. The Labute approximate surface area is 132 Å². The molecule has 5 nitrogen and oxygen atoms in total. The fraction of sp³-hybridized carbons (Fsp3) is 0.333. The minimum absolute atomic E-state index is 0.243. The van der Waals surface area contributed by atoms with Crippen molar-refractivity contribution < 1.29 is 18.7 Å². The Morgan fingerprint density at radius 1 is 1.50 bits per heavy atom. The molecule has 2 N–H and O–H groups in total. The number of thioether (sulfide) groups is 1. The van der Waals surface area contributed by atoms with Crippen LogP contribution < -0.4 is 10.6 Å². The molecule has 0 radical (unpaired) electrons. The van der Waals surface area contributed by atoms with E-state index in [1.54, 1.807) is 17.8 Å². The van der Waals surface area contributed by atoms with Crippen LogP contribution in [0.1, 0.15) is 11.6 Å². The first-order chi connectivity index (χ1) is 10.5. The molecule has 1 aliphatic heterocycles. The Morgan fingerprint density at radius 2 is 2.27 bits per heavy atom. The smallest absolute Gasteiger partial charge is 0.319 e. The highest BCUT2D eigenvalue weighted by molar-refractivity contribution is 7.98. The molecule has 0 bridgehead atoms. The molecule has 1 heterocycles. The number of halogens is 1. The van der Waals surface area contributed by atoms with Gasteiger partial charge in [0.25, 0.3) is 0 Å². The quantitative estimate of drug-likeness (QED) is 0.644. The van der Waals surface area contributed by atoms with Gasteiger partial charge < -0.3 is 15.4 Å². The molecule has 0 aromatic heterocycles. The molecule has 0 unspecified atom stereocenters. The highest BCUT2D eigenvalue weighted by Gasteiger charge is 2.38. The second-order valence-electron chi connectivity index (χ2n) is 4.79. The van der Waals surface area contributed by atoms with Crippen LogP contribution >= 0.6 is 11.8 Å². The SMILES string of the molecule is C=C1NC(=O)N[C@H](c2cccc(F)c2)[C@H]1C(=O)OCCSC. The maximum Gasteiger partial charge on any atom is 0.319 e. The summed E-state index contributed by atoms with van der Waals surface area (Å²) >= 11 is 1.56. The summed E-state index contributed by atoms with van der Waals surface area (Å²) in [4.78, 5) is 23.9. The van der Waals surface area contributed by atoms with E-state index >= 15 is 0 Å². The number of hydrogen-bond donors (Lipinski definition) is 2. The van der Waals surface area contributed by atoms with Crippen LogP contribution in [0.15, 0.2) is 36.5 Å². The molecule has 2 rings (SSSR count). The maximum absolute atomic E-state index is 13.4. The summed E-state index contributed by atoms with van der Waals surface area (Å²) in [6.45, 7) is 3.99. The Hall–Kier alpha value is -2.02. The molecule has 0 saturated carbocycles. The van der Waals surface area contributed by atoms with Crippen LogP contribution in [0.3, 0.4) is 0 Å².